The lowest BCUT2D eigenvalue weighted by Crippen LogP contribution is -2.47. The number of oxazole rings is 1. The summed E-state index contributed by atoms with van der Waals surface area (Å²) in [6.07, 6.45) is 3.35. The third-order valence-electron chi connectivity index (χ3n) is 4.91. The van der Waals surface area contributed by atoms with Crippen LogP contribution in [0.25, 0.3) is 17.0 Å². The van der Waals surface area contributed by atoms with Crippen molar-refractivity contribution in [1.82, 2.24) is 15.2 Å². The molecule has 7 nitrogen and oxygen atoms in total. The van der Waals surface area contributed by atoms with Crippen LogP contribution in [0.2, 0.25) is 0 Å². The average Bonchev–Trinajstić information content (AvgIpc) is 3.14. The molecule has 0 aliphatic carbocycles. The molecule has 0 bridgehead atoms. The fraction of sp³-hybridized carbons (Fsp3) is 0.350. The zero-order valence-corrected chi connectivity index (χ0v) is 16.0. The fourth-order valence-corrected chi connectivity index (χ4v) is 3.28. The molecule has 1 saturated heterocycles. The Balaban J connectivity index is 1.93. The number of piperazine rings is 1. The second kappa shape index (κ2) is 9.06. The standard InChI is InChI=1S/C20H23F2N5O2/c1-12(27-9-7-25-8-10-27)5-6-13(11-23)18-17(19(24)28)26-20(29-18)16-14(21)3-2-4-15(16)22/h2-4,6,11-12,23,25H,5,7-10H2,1H3,(H2,24,28)/b13-6+,23-11?. The summed E-state index contributed by atoms with van der Waals surface area (Å²) >= 11 is 0. The van der Waals surface area contributed by atoms with Gasteiger partial charge in [-0.05, 0) is 25.5 Å². The van der Waals surface area contributed by atoms with Crippen molar-refractivity contribution in [2.75, 3.05) is 26.2 Å². The van der Waals surface area contributed by atoms with E-state index in [-0.39, 0.29) is 23.1 Å². The summed E-state index contributed by atoms with van der Waals surface area (Å²) in [6, 6.07) is 3.55. The molecule has 1 aromatic heterocycles. The Labute approximate surface area is 167 Å². The van der Waals surface area contributed by atoms with E-state index in [1.165, 1.54) is 6.07 Å². The lowest BCUT2D eigenvalue weighted by atomic mass is 10.1. The third kappa shape index (κ3) is 4.57. The summed E-state index contributed by atoms with van der Waals surface area (Å²) in [6.45, 7) is 5.73. The molecule has 1 aliphatic heterocycles. The van der Waals surface area contributed by atoms with Gasteiger partial charge in [-0.2, -0.15) is 0 Å². The minimum Gasteiger partial charge on any atom is -0.435 e. The van der Waals surface area contributed by atoms with Crippen molar-refractivity contribution in [1.29, 1.82) is 5.41 Å². The highest BCUT2D eigenvalue weighted by Gasteiger charge is 2.25. The monoisotopic (exact) mass is 403 g/mol. The molecule has 29 heavy (non-hydrogen) atoms. The number of nitrogens with two attached hydrogens (primary N) is 1. The number of hydrogen-bond donors (Lipinski definition) is 3. The molecule has 9 heteroatoms. The van der Waals surface area contributed by atoms with Crippen LogP contribution in [0.5, 0.6) is 0 Å². The van der Waals surface area contributed by atoms with E-state index in [2.05, 4.69) is 22.1 Å². The van der Waals surface area contributed by atoms with Gasteiger partial charge in [-0.25, -0.2) is 13.8 Å². The van der Waals surface area contributed by atoms with Gasteiger partial charge >= 0.3 is 0 Å². The molecular formula is C20H23F2N5O2. The maximum Gasteiger partial charge on any atom is 0.271 e. The first-order chi connectivity index (χ1) is 13.9. The van der Waals surface area contributed by atoms with Crippen LogP contribution in [-0.2, 0) is 0 Å². The SMILES string of the molecule is CC(C/C=C(\C=N)c1oc(-c2c(F)cccc2F)nc1C(N)=O)N1CCNCC1. The summed E-state index contributed by atoms with van der Waals surface area (Å²) in [5.74, 6) is -3.12. The Hall–Kier alpha value is -2.91. The van der Waals surface area contributed by atoms with E-state index in [9.17, 15) is 13.6 Å². The Morgan fingerprint density at radius 2 is 2.03 bits per heavy atom. The van der Waals surface area contributed by atoms with Crippen LogP contribution in [0.1, 0.15) is 29.6 Å². The van der Waals surface area contributed by atoms with E-state index >= 15 is 0 Å². The highest BCUT2D eigenvalue weighted by atomic mass is 19.1. The molecule has 0 saturated carbocycles. The molecular weight excluding hydrogens is 380 g/mol. The van der Waals surface area contributed by atoms with Crippen LogP contribution >= 0.6 is 0 Å². The molecule has 1 aliphatic rings. The molecule has 4 N–H and O–H groups in total. The van der Waals surface area contributed by atoms with E-state index in [0.717, 1.165) is 44.5 Å². The number of carbonyl (C=O) groups excluding carboxylic acids is 1. The van der Waals surface area contributed by atoms with Crippen LogP contribution in [0.3, 0.4) is 0 Å². The summed E-state index contributed by atoms with van der Waals surface area (Å²) in [4.78, 5) is 18.0. The first-order valence-electron chi connectivity index (χ1n) is 9.33. The fourth-order valence-electron chi connectivity index (χ4n) is 3.28. The van der Waals surface area contributed by atoms with E-state index in [0.29, 0.717) is 6.42 Å². The Kier molecular flexibility index (Phi) is 6.50. The lowest BCUT2D eigenvalue weighted by Gasteiger charge is -2.32. The number of carbonyl (C=O) groups is 1. The second-order valence-electron chi connectivity index (χ2n) is 6.83. The third-order valence-corrected chi connectivity index (χ3v) is 4.91. The van der Waals surface area contributed by atoms with Crippen molar-refractivity contribution in [3.8, 4) is 11.5 Å². The topological polar surface area (TPSA) is 108 Å². The quantitative estimate of drug-likeness (QED) is 0.616. The highest BCUT2D eigenvalue weighted by Crippen LogP contribution is 2.30. The van der Waals surface area contributed by atoms with Crippen molar-refractivity contribution in [3.63, 3.8) is 0 Å². The number of amides is 1. The van der Waals surface area contributed by atoms with E-state index in [1.807, 2.05) is 0 Å². The van der Waals surface area contributed by atoms with Gasteiger partial charge in [-0.1, -0.05) is 12.1 Å². The summed E-state index contributed by atoms with van der Waals surface area (Å²) < 4.78 is 33.7. The Morgan fingerprint density at radius 1 is 1.38 bits per heavy atom. The van der Waals surface area contributed by atoms with Gasteiger partial charge in [0.25, 0.3) is 5.91 Å². The molecule has 1 unspecified atom stereocenters. The molecule has 1 fully saturated rings. The van der Waals surface area contributed by atoms with Crippen LogP contribution in [0.15, 0.2) is 28.7 Å². The molecule has 0 radical (unpaired) electrons. The number of primary amides is 1. The molecule has 154 valence electrons. The summed E-state index contributed by atoms with van der Waals surface area (Å²) in [5, 5.41) is 11.0. The molecule has 2 heterocycles. The first-order valence-corrected chi connectivity index (χ1v) is 9.33. The molecule has 0 spiro atoms. The van der Waals surface area contributed by atoms with Gasteiger partial charge in [0.05, 0.1) is 0 Å². The summed E-state index contributed by atoms with van der Waals surface area (Å²) in [5.41, 5.74) is 4.90. The number of nitrogens with one attached hydrogen (secondary N) is 2. The van der Waals surface area contributed by atoms with Crippen molar-refractivity contribution in [3.05, 3.63) is 47.4 Å². The molecule has 3 rings (SSSR count). The van der Waals surface area contributed by atoms with Gasteiger partial charge in [-0.3, -0.25) is 9.69 Å². The maximum absolute atomic E-state index is 14.1. The molecule has 1 amide bonds. The Morgan fingerprint density at radius 3 is 2.62 bits per heavy atom. The van der Waals surface area contributed by atoms with Gasteiger partial charge in [-0.15, -0.1) is 0 Å². The minimum atomic E-state index is -0.908. The zero-order valence-electron chi connectivity index (χ0n) is 16.0. The van der Waals surface area contributed by atoms with Crippen LogP contribution in [0, 0.1) is 17.0 Å². The van der Waals surface area contributed by atoms with Crippen molar-refractivity contribution >= 4 is 17.7 Å². The predicted octanol–water partition coefficient (Wildman–Crippen LogP) is 2.44. The molecule has 2 aromatic rings. The van der Waals surface area contributed by atoms with Gasteiger partial charge in [0.2, 0.25) is 5.89 Å². The zero-order chi connectivity index (χ0) is 21.0. The number of halogens is 2. The number of hydrogen-bond acceptors (Lipinski definition) is 6. The second-order valence-corrected chi connectivity index (χ2v) is 6.83. The minimum absolute atomic E-state index is 0.0716. The largest absolute Gasteiger partial charge is 0.435 e. The van der Waals surface area contributed by atoms with Gasteiger partial charge in [0.15, 0.2) is 11.5 Å². The first kappa shape index (κ1) is 20.8. The van der Waals surface area contributed by atoms with Crippen LogP contribution in [0.4, 0.5) is 8.78 Å². The van der Waals surface area contributed by atoms with E-state index in [1.54, 1.807) is 6.08 Å². The lowest BCUT2D eigenvalue weighted by molar-refractivity contribution is 0.0995. The predicted molar refractivity (Wildman–Crippen MR) is 106 cm³/mol. The molecule has 1 aromatic carbocycles. The van der Waals surface area contributed by atoms with Crippen molar-refractivity contribution in [2.24, 2.45) is 5.73 Å². The molecule has 1 atom stereocenters. The van der Waals surface area contributed by atoms with Crippen molar-refractivity contribution in [2.45, 2.75) is 19.4 Å². The smallest absolute Gasteiger partial charge is 0.271 e. The van der Waals surface area contributed by atoms with Crippen LogP contribution in [-0.4, -0.2) is 54.2 Å². The summed E-state index contributed by atoms with van der Waals surface area (Å²) in [7, 11) is 0. The van der Waals surface area contributed by atoms with Gasteiger partial charge in [0.1, 0.15) is 17.2 Å². The highest BCUT2D eigenvalue weighted by molar-refractivity contribution is 6.11. The normalized spacial score (nSPS) is 16.6. The van der Waals surface area contributed by atoms with Crippen molar-refractivity contribution < 1.29 is 18.0 Å². The average molecular weight is 403 g/mol. The number of aromatic nitrogens is 1. The number of allylic oxidation sites excluding steroid dienone is 1. The van der Waals surface area contributed by atoms with E-state index < -0.39 is 29.0 Å². The number of rotatable bonds is 7. The van der Waals surface area contributed by atoms with Crippen LogP contribution < -0.4 is 11.1 Å². The Bertz CT molecular complexity index is 915. The maximum atomic E-state index is 14.1. The number of nitrogens with zero attached hydrogens (tertiary/aromatic N) is 2. The number of benzene rings is 1. The van der Waals surface area contributed by atoms with Gasteiger partial charge < -0.3 is 20.9 Å². The van der Waals surface area contributed by atoms with Gasteiger partial charge in [0, 0.05) is 44.0 Å². The van der Waals surface area contributed by atoms with E-state index in [4.69, 9.17) is 15.6 Å².